The van der Waals surface area contributed by atoms with E-state index in [1.54, 1.807) is 18.2 Å². The van der Waals surface area contributed by atoms with E-state index in [1.807, 2.05) is 0 Å². The summed E-state index contributed by atoms with van der Waals surface area (Å²) in [6.45, 7) is 0. The molecule has 0 amide bonds. The maximum absolute atomic E-state index is 5.62. The Morgan fingerprint density at radius 3 is 2.73 bits per heavy atom. The van der Waals surface area contributed by atoms with E-state index in [2.05, 4.69) is 17.9 Å². The molecule has 0 aliphatic heterocycles. The molecule has 1 aromatic rings. The lowest BCUT2D eigenvalue weighted by Crippen LogP contribution is -2.00. The number of anilines is 3. The number of thiol groups is 1. The Hall–Kier alpha value is -1.03. The van der Waals surface area contributed by atoms with Gasteiger partial charge in [0.2, 0.25) is 0 Å². The molecule has 0 saturated carbocycles. The molecule has 0 saturated heterocycles. The van der Waals surface area contributed by atoms with Crippen molar-refractivity contribution < 1.29 is 0 Å². The normalized spacial score (nSPS) is 9.55. The minimum absolute atomic E-state index is 0.549. The molecule has 0 aliphatic rings. The molecule has 1 aromatic carbocycles. The summed E-state index contributed by atoms with van der Waals surface area (Å²) in [5.74, 6) is 0.549. The van der Waals surface area contributed by atoms with Crippen LogP contribution >= 0.6 is 12.6 Å². The van der Waals surface area contributed by atoms with Gasteiger partial charge in [-0.05, 0) is 18.2 Å². The lowest BCUT2D eigenvalue weighted by atomic mass is 10.2. The summed E-state index contributed by atoms with van der Waals surface area (Å²) >= 11 is 4.01. The monoisotopic (exact) mass is 169 g/mol. The largest absolute Gasteiger partial charge is 0.399 e. The zero-order valence-corrected chi connectivity index (χ0v) is 6.94. The first-order chi connectivity index (χ1) is 5.24. The first-order valence-electron chi connectivity index (χ1n) is 3.24. The molecule has 60 valence electrons. The molecule has 4 heteroatoms. The molecule has 0 fully saturated rings. The van der Waals surface area contributed by atoms with Crippen molar-refractivity contribution >= 4 is 29.7 Å². The van der Waals surface area contributed by atoms with Gasteiger partial charge in [-0.25, -0.2) is 0 Å². The molecule has 1 rings (SSSR count). The van der Waals surface area contributed by atoms with Crippen molar-refractivity contribution in [2.24, 2.45) is 0 Å². The minimum atomic E-state index is 0.549. The highest BCUT2D eigenvalue weighted by Crippen LogP contribution is 2.20. The van der Waals surface area contributed by atoms with Gasteiger partial charge in [0.15, 0.2) is 0 Å². The Bertz CT molecular complexity index is 249. The van der Waals surface area contributed by atoms with Crippen LogP contribution in [0.4, 0.5) is 17.1 Å². The van der Waals surface area contributed by atoms with Gasteiger partial charge in [0, 0.05) is 5.69 Å². The third-order valence-electron chi connectivity index (χ3n) is 1.35. The van der Waals surface area contributed by atoms with Crippen molar-refractivity contribution in [3.8, 4) is 0 Å². The van der Waals surface area contributed by atoms with Gasteiger partial charge in [-0.3, -0.25) is 0 Å². The highest BCUT2D eigenvalue weighted by atomic mass is 32.1. The molecular weight excluding hydrogens is 158 g/mol. The third-order valence-corrected chi connectivity index (χ3v) is 1.50. The minimum Gasteiger partial charge on any atom is -0.399 e. The summed E-state index contributed by atoms with van der Waals surface area (Å²) in [5, 5.41) is 2.98. The van der Waals surface area contributed by atoms with Gasteiger partial charge in [0.25, 0.3) is 0 Å². The van der Waals surface area contributed by atoms with Crippen molar-refractivity contribution in [1.82, 2.24) is 0 Å². The van der Waals surface area contributed by atoms with Crippen molar-refractivity contribution in [3.63, 3.8) is 0 Å². The van der Waals surface area contributed by atoms with Crippen LogP contribution in [0.2, 0.25) is 0 Å². The lowest BCUT2D eigenvalue weighted by Gasteiger charge is -2.06. The second-order valence-electron chi connectivity index (χ2n) is 2.18. The van der Waals surface area contributed by atoms with Crippen LogP contribution < -0.4 is 16.8 Å². The van der Waals surface area contributed by atoms with Crippen LogP contribution in [0.25, 0.3) is 0 Å². The van der Waals surface area contributed by atoms with Crippen LogP contribution in [0.3, 0.4) is 0 Å². The summed E-state index contributed by atoms with van der Waals surface area (Å²) < 4.78 is 0. The quantitative estimate of drug-likeness (QED) is 0.305. The molecular formula is C7H11N3S. The number of nitrogens with two attached hydrogens (primary N) is 2. The first kappa shape index (κ1) is 8.07. The fraction of sp³-hybridized carbons (Fsp3) is 0.143. The molecule has 0 atom stereocenters. The van der Waals surface area contributed by atoms with Gasteiger partial charge >= 0.3 is 0 Å². The van der Waals surface area contributed by atoms with Crippen molar-refractivity contribution in [2.75, 3.05) is 22.7 Å². The third kappa shape index (κ3) is 1.94. The standard InChI is InChI=1S/C7H11N3S/c8-5-1-2-6(9)7(3-5)10-4-11/h1-3,10-11H,4,8-9H2. The van der Waals surface area contributed by atoms with Gasteiger partial charge in [-0.2, -0.15) is 12.6 Å². The molecule has 0 aromatic heterocycles. The van der Waals surface area contributed by atoms with E-state index in [-0.39, 0.29) is 0 Å². The molecule has 5 N–H and O–H groups in total. The fourth-order valence-corrected chi connectivity index (χ4v) is 0.983. The second kappa shape index (κ2) is 3.39. The average Bonchev–Trinajstić information content (AvgIpc) is 1.98. The molecule has 0 radical (unpaired) electrons. The van der Waals surface area contributed by atoms with Crippen molar-refractivity contribution in [3.05, 3.63) is 18.2 Å². The number of benzene rings is 1. The Kier molecular flexibility index (Phi) is 2.48. The summed E-state index contributed by atoms with van der Waals surface area (Å²) in [7, 11) is 0. The molecule has 0 aliphatic carbocycles. The van der Waals surface area contributed by atoms with E-state index >= 15 is 0 Å². The predicted octanol–water partition coefficient (Wildman–Crippen LogP) is 1.15. The van der Waals surface area contributed by atoms with E-state index < -0.39 is 0 Å². The Labute approximate surface area is 71.2 Å². The number of nitrogen functional groups attached to an aromatic ring is 2. The maximum atomic E-state index is 5.62. The Morgan fingerprint density at radius 2 is 2.09 bits per heavy atom. The van der Waals surface area contributed by atoms with Crippen LogP contribution in [0.5, 0.6) is 0 Å². The number of hydrogen-bond acceptors (Lipinski definition) is 4. The summed E-state index contributed by atoms with van der Waals surface area (Å²) in [6.07, 6.45) is 0. The fourth-order valence-electron chi connectivity index (χ4n) is 0.812. The molecule has 11 heavy (non-hydrogen) atoms. The van der Waals surface area contributed by atoms with Gasteiger partial charge < -0.3 is 16.8 Å². The summed E-state index contributed by atoms with van der Waals surface area (Å²) in [4.78, 5) is 0. The Balaban J connectivity index is 2.93. The predicted molar refractivity (Wildman–Crippen MR) is 52.7 cm³/mol. The lowest BCUT2D eigenvalue weighted by molar-refractivity contribution is 1.47. The molecule has 0 spiro atoms. The molecule has 0 bridgehead atoms. The Morgan fingerprint density at radius 1 is 1.36 bits per heavy atom. The zero-order chi connectivity index (χ0) is 8.27. The second-order valence-corrected chi connectivity index (χ2v) is 2.50. The van der Waals surface area contributed by atoms with Gasteiger partial charge in [0.1, 0.15) is 0 Å². The molecule has 3 nitrogen and oxygen atoms in total. The van der Waals surface area contributed by atoms with E-state index in [0.717, 1.165) is 5.69 Å². The zero-order valence-electron chi connectivity index (χ0n) is 6.04. The summed E-state index contributed by atoms with van der Waals surface area (Å²) in [6, 6.07) is 5.31. The van der Waals surface area contributed by atoms with Crippen molar-refractivity contribution in [1.29, 1.82) is 0 Å². The highest BCUT2D eigenvalue weighted by molar-refractivity contribution is 7.80. The topological polar surface area (TPSA) is 64.1 Å². The number of nitrogens with one attached hydrogen (secondary N) is 1. The number of rotatable bonds is 2. The van der Waals surface area contributed by atoms with Crippen LogP contribution in [0.1, 0.15) is 0 Å². The van der Waals surface area contributed by atoms with Gasteiger partial charge in [-0.15, -0.1) is 0 Å². The van der Waals surface area contributed by atoms with Gasteiger partial charge in [0.05, 0.1) is 17.3 Å². The van der Waals surface area contributed by atoms with Crippen LogP contribution in [0.15, 0.2) is 18.2 Å². The van der Waals surface area contributed by atoms with E-state index in [4.69, 9.17) is 11.5 Å². The number of hydrogen-bond donors (Lipinski definition) is 4. The van der Waals surface area contributed by atoms with E-state index in [1.165, 1.54) is 0 Å². The average molecular weight is 169 g/mol. The smallest absolute Gasteiger partial charge is 0.0600 e. The van der Waals surface area contributed by atoms with Crippen LogP contribution in [0, 0.1) is 0 Å². The van der Waals surface area contributed by atoms with Crippen molar-refractivity contribution in [2.45, 2.75) is 0 Å². The highest BCUT2D eigenvalue weighted by Gasteiger charge is 1.96. The van der Waals surface area contributed by atoms with E-state index in [9.17, 15) is 0 Å². The van der Waals surface area contributed by atoms with Crippen LogP contribution in [-0.2, 0) is 0 Å². The van der Waals surface area contributed by atoms with E-state index in [0.29, 0.717) is 17.3 Å². The van der Waals surface area contributed by atoms with Gasteiger partial charge in [-0.1, -0.05) is 0 Å². The maximum Gasteiger partial charge on any atom is 0.0600 e. The van der Waals surface area contributed by atoms with Crippen LogP contribution in [-0.4, -0.2) is 5.88 Å². The first-order valence-corrected chi connectivity index (χ1v) is 3.87. The molecule has 0 unspecified atom stereocenters. The molecule has 0 heterocycles. The SMILES string of the molecule is Nc1ccc(N)c(NCS)c1. The summed E-state index contributed by atoms with van der Waals surface area (Å²) in [5.41, 5.74) is 13.4.